The molecular weight excluding hydrogens is 434 g/mol. The van der Waals surface area contributed by atoms with Gasteiger partial charge in [-0.25, -0.2) is 0 Å². The highest BCUT2D eigenvalue weighted by atomic mass is 35.5. The van der Waals surface area contributed by atoms with Crippen LogP contribution < -0.4 is 4.74 Å². The zero-order valence-electron chi connectivity index (χ0n) is 17.4. The predicted molar refractivity (Wildman–Crippen MR) is 120 cm³/mol. The summed E-state index contributed by atoms with van der Waals surface area (Å²) < 4.78 is 13.0. The lowest BCUT2D eigenvalue weighted by Gasteiger charge is -2.07. The molecule has 7 nitrogen and oxygen atoms in total. The number of para-hydroxylation sites is 1. The number of halogens is 1. The van der Waals surface area contributed by atoms with Gasteiger partial charge in [0.1, 0.15) is 12.4 Å². The van der Waals surface area contributed by atoms with E-state index in [9.17, 15) is 0 Å². The van der Waals surface area contributed by atoms with E-state index in [-0.39, 0.29) is 6.61 Å². The molecule has 0 aliphatic carbocycles. The van der Waals surface area contributed by atoms with Gasteiger partial charge in [0.15, 0.2) is 11.0 Å². The van der Waals surface area contributed by atoms with Crippen LogP contribution in [0.25, 0.3) is 11.4 Å². The lowest BCUT2D eigenvalue weighted by molar-refractivity contribution is 0.290. The van der Waals surface area contributed by atoms with Crippen LogP contribution in [0.1, 0.15) is 37.0 Å². The van der Waals surface area contributed by atoms with Crippen LogP contribution in [0.15, 0.2) is 58.2 Å². The van der Waals surface area contributed by atoms with Crippen LogP contribution in [0, 0.1) is 0 Å². The van der Waals surface area contributed by atoms with Gasteiger partial charge >= 0.3 is 0 Å². The Bertz CT molecular complexity index is 1160. The van der Waals surface area contributed by atoms with Crippen LogP contribution in [0.4, 0.5) is 0 Å². The van der Waals surface area contributed by atoms with Crippen molar-refractivity contribution in [2.24, 2.45) is 7.05 Å². The van der Waals surface area contributed by atoms with Gasteiger partial charge in [0.2, 0.25) is 11.7 Å². The second-order valence-electron chi connectivity index (χ2n) is 7.25. The van der Waals surface area contributed by atoms with Crippen molar-refractivity contribution in [2.45, 2.75) is 37.3 Å². The van der Waals surface area contributed by atoms with E-state index in [0.717, 1.165) is 10.7 Å². The van der Waals surface area contributed by atoms with Crippen LogP contribution in [-0.2, 0) is 19.4 Å². The summed E-state index contributed by atoms with van der Waals surface area (Å²) in [4.78, 5) is 4.50. The lowest BCUT2D eigenvalue weighted by atomic mass is 10.0. The number of ether oxygens (including phenoxy) is 1. The van der Waals surface area contributed by atoms with E-state index in [1.54, 1.807) is 6.07 Å². The molecule has 160 valence electrons. The smallest absolute Gasteiger partial charge is 0.237 e. The van der Waals surface area contributed by atoms with E-state index in [0.29, 0.717) is 40.0 Å². The van der Waals surface area contributed by atoms with Crippen LogP contribution in [0.3, 0.4) is 0 Å². The maximum absolute atomic E-state index is 6.13. The molecule has 9 heteroatoms. The summed E-state index contributed by atoms with van der Waals surface area (Å²) in [5.41, 5.74) is 2.21. The molecule has 0 spiro atoms. The second kappa shape index (κ2) is 9.53. The molecule has 0 radical (unpaired) electrons. The maximum Gasteiger partial charge on any atom is 0.237 e. The zero-order chi connectivity index (χ0) is 21.8. The molecule has 0 fully saturated rings. The normalized spacial score (nSPS) is 11.3. The third-order valence-corrected chi connectivity index (χ3v) is 6.06. The molecule has 0 N–H and O–H groups in total. The average molecular weight is 456 g/mol. The minimum Gasteiger partial charge on any atom is -0.484 e. The van der Waals surface area contributed by atoms with Crippen molar-refractivity contribution in [1.29, 1.82) is 0 Å². The van der Waals surface area contributed by atoms with Crippen molar-refractivity contribution in [3.05, 3.63) is 70.8 Å². The van der Waals surface area contributed by atoms with Crippen LogP contribution in [-0.4, -0.2) is 24.9 Å². The first-order chi connectivity index (χ1) is 15.0. The fourth-order valence-corrected chi connectivity index (χ4v) is 3.83. The summed E-state index contributed by atoms with van der Waals surface area (Å²) in [6.07, 6.45) is 0. The van der Waals surface area contributed by atoms with Crippen molar-refractivity contribution in [3.8, 4) is 17.1 Å². The van der Waals surface area contributed by atoms with Gasteiger partial charge in [-0.15, -0.1) is 10.2 Å². The Labute approximate surface area is 189 Å². The summed E-state index contributed by atoms with van der Waals surface area (Å²) in [7, 11) is 1.89. The molecule has 31 heavy (non-hydrogen) atoms. The molecule has 0 aliphatic rings. The molecular formula is C22H22ClN5O2S. The van der Waals surface area contributed by atoms with E-state index in [4.69, 9.17) is 20.9 Å². The summed E-state index contributed by atoms with van der Waals surface area (Å²) in [5.74, 6) is 3.40. The van der Waals surface area contributed by atoms with Crippen LogP contribution in [0.2, 0.25) is 5.02 Å². The van der Waals surface area contributed by atoms with Gasteiger partial charge in [-0.3, -0.25) is 0 Å². The van der Waals surface area contributed by atoms with Crippen molar-refractivity contribution in [2.75, 3.05) is 0 Å². The van der Waals surface area contributed by atoms with E-state index in [1.165, 1.54) is 17.3 Å². The molecule has 0 unspecified atom stereocenters. The third kappa shape index (κ3) is 5.08. The number of thioether (sulfide) groups is 1. The minimum atomic E-state index is 0.269. The Morgan fingerprint density at radius 3 is 2.61 bits per heavy atom. The maximum atomic E-state index is 6.13. The topological polar surface area (TPSA) is 78.9 Å². The van der Waals surface area contributed by atoms with Gasteiger partial charge in [-0.1, -0.05) is 78.8 Å². The number of hydrogen-bond donors (Lipinski definition) is 0. The van der Waals surface area contributed by atoms with Gasteiger partial charge in [0, 0.05) is 12.6 Å². The van der Waals surface area contributed by atoms with Crippen molar-refractivity contribution >= 4 is 23.4 Å². The SMILES string of the molecule is CC(C)c1ccc(-c2noc(CSc3nnc(COc4ccccc4Cl)n3C)n2)cc1. The molecule has 2 aromatic carbocycles. The van der Waals surface area contributed by atoms with Crippen LogP contribution >= 0.6 is 23.4 Å². The Kier molecular flexibility index (Phi) is 6.58. The minimum absolute atomic E-state index is 0.269. The first-order valence-corrected chi connectivity index (χ1v) is 11.2. The standard InChI is InChI=1S/C22H22ClN5O2S/c1-14(2)15-8-10-16(11-9-15)21-24-20(30-27-21)13-31-22-26-25-19(28(22)3)12-29-18-7-5-4-6-17(18)23/h4-11,14H,12-13H2,1-3H3. The Morgan fingerprint density at radius 2 is 1.87 bits per heavy atom. The number of benzene rings is 2. The van der Waals surface area contributed by atoms with E-state index in [2.05, 4.69) is 46.3 Å². The lowest BCUT2D eigenvalue weighted by Crippen LogP contribution is -2.04. The second-order valence-corrected chi connectivity index (χ2v) is 8.60. The van der Waals surface area contributed by atoms with Crippen molar-refractivity contribution in [1.82, 2.24) is 24.9 Å². The Morgan fingerprint density at radius 1 is 1.10 bits per heavy atom. The highest BCUT2D eigenvalue weighted by molar-refractivity contribution is 7.98. The average Bonchev–Trinajstić information content (AvgIpc) is 3.38. The summed E-state index contributed by atoms with van der Waals surface area (Å²) >= 11 is 7.60. The molecule has 4 rings (SSSR count). The third-order valence-electron chi connectivity index (χ3n) is 4.75. The van der Waals surface area contributed by atoms with Gasteiger partial charge < -0.3 is 13.8 Å². The molecule has 0 bridgehead atoms. The van der Waals surface area contributed by atoms with Gasteiger partial charge in [0.05, 0.1) is 10.8 Å². The molecule has 2 heterocycles. The van der Waals surface area contributed by atoms with Crippen LogP contribution in [0.5, 0.6) is 5.75 Å². The number of hydrogen-bond acceptors (Lipinski definition) is 7. The first-order valence-electron chi connectivity index (χ1n) is 9.82. The number of aromatic nitrogens is 5. The summed E-state index contributed by atoms with van der Waals surface area (Å²) in [6, 6.07) is 15.6. The molecule has 2 aromatic heterocycles. The number of nitrogens with zero attached hydrogens (tertiary/aromatic N) is 5. The predicted octanol–water partition coefficient (Wildman–Crippen LogP) is 5.51. The zero-order valence-corrected chi connectivity index (χ0v) is 19.0. The Hall–Kier alpha value is -2.84. The van der Waals surface area contributed by atoms with E-state index in [1.807, 2.05) is 41.9 Å². The molecule has 0 saturated carbocycles. The van der Waals surface area contributed by atoms with E-state index >= 15 is 0 Å². The molecule has 0 amide bonds. The number of rotatable bonds is 8. The summed E-state index contributed by atoms with van der Waals surface area (Å²) in [6.45, 7) is 4.60. The first kappa shape index (κ1) is 21.4. The highest BCUT2D eigenvalue weighted by Gasteiger charge is 2.14. The highest BCUT2D eigenvalue weighted by Crippen LogP contribution is 2.26. The van der Waals surface area contributed by atoms with E-state index < -0.39 is 0 Å². The fourth-order valence-electron chi connectivity index (χ4n) is 2.87. The van der Waals surface area contributed by atoms with Crippen molar-refractivity contribution in [3.63, 3.8) is 0 Å². The summed E-state index contributed by atoms with van der Waals surface area (Å²) in [5, 5.41) is 13.8. The van der Waals surface area contributed by atoms with Crippen molar-refractivity contribution < 1.29 is 9.26 Å². The molecule has 0 atom stereocenters. The monoisotopic (exact) mass is 455 g/mol. The Balaban J connectivity index is 1.36. The molecule has 4 aromatic rings. The van der Waals surface area contributed by atoms with Gasteiger partial charge in [0.25, 0.3) is 0 Å². The quantitative estimate of drug-likeness (QED) is 0.324. The van der Waals surface area contributed by atoms with Gasteiger partial charge in [-0.2, -0.15) is 4.98 Å². The molecule has 0 aliphatic heterocycles. The fraction of sp³-hybridized carbons (Fsp3) is 0.273. The molecule has 0 saturated heterocycles. The largest absolute Gasteiger partial charge is 0.484 e. The van der Waals surface area contributed by atoms with Gasteiger partial charge in [-0.05, 0) is 23.6 Å².